The number of carbonyl (C=O) groups excluding carboxylic acids is 1. The van der Waals surface area contributed by atoms with Gasteiger partial charge in [0.1, 0.15) is 5.01 Å². The second kappa shape index (κ2) is 6.51. The van der Waals surface area contributed by atoms with Crippen molar-refractivity contribution in [1.82, 2.24) is 9.55 Å². The summed E-state index contributed by atoms with van der Waals surface area (Å²) in [6.07, 6.45) is 7.41. The van der Waals surface area contributed by atoms with E-state index in [1.165, 1.54) is 24.2 Å². The molecule has 0 spiro atoms. The van der Waals surface area contributed by atoms with Crippen LogP contribution in [0.2, 0.25) is 0 Å². The highest BCUT2D eigenvalue weighted by molar-refractivity contribution is 7.92. The monoisotopic (exact) mass is 389 g/mol. The summed E-state index contributed by atoms with van der Waals surface area (Å²) in [6, 6.07) is 5.32. The number of nitrogens with zero attached hydrogens (tertiary/aromatic N) is 2. The molecular weight excluding hydrogens is 370 g/mol. The van der Waals surface area contributed by atoms with Crippen LogP contribution in [0.5, 0.6) is 0 Å². The number of hydrogen-bond donors (Lipinski definition) is 1. The minimum absolute atomic E-state index is 0.0309. The smallest absolute Gasteiger partial charge is 0.229 e. The SMILES string of the molecule is CS(=O)(=O)Nc1ccc2c(C(=O)Cc3nccs3)cn(CC3CC3)c2c1. The van der Waals surface area contributed by atoms with Crippen LogP contribution in [-0.4, -0.2) is 30.0 Å². The van der Waals surface area contributed by atoms with E-state index in [-0.39, 0.29) is 12.2 Å². The largest absolute Gasteiger partial charge is 0.346 e. The van der Waals surface area contributed by atoms with Crippen molar-refractivity contribution in [3.8, 4) is 0 Å². The Bertz CT molecular complexity index is 1060. The van der Waals surface area contributed by atoms with E-state index in [9.17, 15) is 13.2 Å². The van der Waals surface area contributed by atoms with E-state index < -0.39 is 10.0 Å². The van der Waals surface area contributed by atoms with Crippen LogP contribution < -0.4 is 4.72 Å². The van der Waals surface area contributed by atoms with E-state index in [0.717, 1.165) is 28.7 Å². The van der Waals surface area contributed by atoms with E-state index in [2.05, 4.69) is 14.3 Å². The van der Waals surface area contributed by atoms with E-state index in [0.29, 0.717) is 17.2 Å². The molecule has 0 unspecified atom stereocenters. The van der Waals surface area contributed by atoms with Crippen molar-refractivity contribution in [3.63, 3.8) is 0 Å². The number of rotatable bonds is 7. The molecule has 1 fully saturated rings. The Balaban J connectivity index is 1.73. The second-order valence-electron chi connectivity index (χ2n) is 6.77. The maximum absolute atomic E-state index is 12.8. The van der Waals surface area contributed by atoms with Gasteiger partial charge in [-0.1, -0.05) is 6.07 Å². The summed E-state index contributed by atoms with van der Waals surface area (Å²) >= 11 is 1.47. The molecule has 0 bridgehead atoms. The first-order valence-corrected chi connectivity index (χ1v) is 11.2. The topological polar surface area (TPSA) is 81.1 Å². The molecule has 2 heterocycles. The number of aromatic nitrogens is 2. The number of ketones is 1. The van der Waals surface area contributed by atoms with Gasteiger partial charge in [0.2, 0.25) is 10.0 Å². The summed E-state index contributed by atoms with van der Waals surface area (Å²) in [7, 11) is -3.35. The van der Waals surface area contributed by atoms with Gasteiger partial charge in [-0.25, -0.2) is 13.4 Å². The maximum Gasteiger partial charge on any atom is 0.229 e. The van der Waals surface area contributed by atoms with Gasteiger partial charge in [0.15, 0.2) is 5.78 Å². The summed E-state index contributed by atoms with van der Waals surface area (Å²) in [6.45, 7) is 0.851. The Morgan fingerprint density at radius 2 is 2.19 bits per heavy atom. The molecular formula is C18H19N3O3S2. The molecule has 1 aliphatic rings. The molecule has 4 rings (SSSR count). The maximum atomic E-state index is 12.8. The van der Waals surface area contributed by atoms with E-state index >= 15 is 0 Å². The third-order valence-corrected chi connectivity index (χ3v) is 5.82. The van der Waals surface area contributed by atoms with Gasteiger partial charge in [0, 0.05) is 35.3 Å². The zero-order valence-electron chi connectivity index (χ0n) is 14.3. The number of Topliss-reactive ketones (excluding diaryl/α,β-unsaturated/α-hetero) is 1. The number of benzene rings is 1. The Kier molecular flexibility index (Phi) is 4.32. The van der Waals surface area contributed by atoms with Crippen LogP contribution in [-0.2, 0) is 23.0 Å². The standard InChI is InChI=1S/C18H19N3O3S2/c1-26(23,24)20-13-4-5-14-15(17(22)9-18-19-6-7-25-18)11-21(16(14)8-13)10-12-2-3-12/h4-8,11-12,20H,2-3,9-10H2,1H3. The molecule has 0 aliphatic heterocycles. The minimum Gasteiger partial charge on any atom is -0.346 e. The molecule has 1 aliphatic carbocycles. The Morgan fingerprint density at radius 1 is 1.38 bits per heavy atom. The Hall–Kier alpha value is -2.19. The van der Waals surface area contributed by atoms with Crippen molar-refractivity contribution in [2.45, 2.75) is 25.8 Å². The Labute approximate surface area is 155 Å². The van der Waals surface area contributed by atoms with Crippen molar-refractivity contribution < 1.29 is 13.2 Å². The average molecular weight is 390 g/mol. The lowest BCUT2D eigenvalue weighted by atomic mass is 10.1. The van der Waals surface area contributed by atoms with Gasteiger partial charge in [-0.05, 0) is 30.9 Å². The van der Waals surface area contributed by atoms with Crippen LogP contribution in [0.4, 0.5) is 5.69 Å². The van der Waals surface area contributed by atoms with Crippen molar-refractivity contribution in [2.24, 2.45) is 5.92 Å². The zero-order valence-corrected chi connectivity index (χ0v) is 15.9. The molecule has 1 aromatic carbocycles. The highest BCUT2D eigenvalue weighted by Crippen LogP contribution is 2.34. The van der Waals surface area contributed by atoms with Gasteiger partial charge in [0.05, 0.1) is 23.9 Å². The molecule has 2 aromatic heterocycles. The van der Waals surface area contributed by atoms with E-state index in [1.54, 1.807) is 18.3 Å². The summed E-state index contributed by atoms with van der Waals surface area (Å²) < 4.78 is 27.6. The van der Waals surface area contributed by atoms with Crippen LogP contribution in [0.25, 0.3) is 10.9 Å². The second-order valence-corrected chi connectivity index (χ2v) is 9.50. The lowest BCUT2D eigenvalue weighted by Crippen LogP contribution is -2.09. The van der Waals surface area contributed by atoms with E-state index in [1.807, 2.05) is 17.6 Å². The van der Waals surface area contributed by atoms with Crippen molar-refractivity contribution in [1.29, 1.82) is 0 Å². The predicted molar refractivity (Wildman–Crippen MR) is 103 cm³/mol. The fraction of sp³-hybridized carbons (Fsp3) is 0.333. The van der Waals surface area contributed by atoms with Crippen LogP contribution in [0.3, 0.4) is 0 Å². The lowest BCUT2D eigenvalue weighted by molar-refractivity contribution is 0.0994. The molecule has 8 heteroatoms. The first-order chi connectivity index (χ1) is 12.4. The molecule has 1 N–H and O–H groups in total. The molecule has 3 aromatic rings. The predicted octanol–water partition coefficient (Wildman–Crippen LogP) is 3.30. The van der Waals surface area contributed by atoms with Crippen molar-refractivity contribution in [2.75, 3.05) is 11.0 Å². The highest BCUT2D eigenvalue weighted by Gasteiger charge is 2.24. The lowest BCUT2D eigenvalue weighted by Gasteiger charge is -2.07. The molecule has 26 heavy (non-hydrogen) atoms. The summed E-state index contributed by atoms with van der Waals surface area (Å²) in [4.78, 5) is 17.0. The van der Waals surface area contributed by atoms with Gasteiger partial charge >= 0.3 is 0 Å². The van der Waals surface area contributed by atoms with Gasteiger partial charge in [-0.3, -0.25) is 9.52 Å². The third-order valence-electron chi connectivity index (χ3n) is 4.43. The van der Waals surface area contributed by atoms with Crippen LogP contribution in [0.15, 0.2) is 36.0 Å². The molecule has 1 saturated carbocycles. The first kappa shape index (κ1) is 17.2. The molecule has 136 valence electrons. The molecule has 0 radical (unpaired) electrons. The Morgan fingerprint density at radius 3 is 2.85 bits per heavy atom. The number of thiazole rings is 1. The number of carbonyl (C=O) groups is 1. The normalized spacial score (nSPS) is 14.7. The highest BCUT2D eigenvalue weighted by atomic mass is 32.2. The van der Waals surface area contributed by atoms with Crippen LogP contribution >= 0.6 is 11.3 Å². The summed E-state index contributed by atoms with van der Waals surface area (Å²) in [5.74, 6) is 0.669. The van der Waals surface area contributed by atoms with Crippen molar-refractivity contribution >= 4 is 43.7 Å². The first-order valence-electron chi connectivity index (χ1n) is 8.41. The number of anilines is 1. The van der Waals surface area contributed by atoms with Gasteiger partial charge in [-0.2, -0.15) is 0 Å². The van der Waals surface area contributed by atoms with Gasteiger partial charge in [-0.15, -0.1) is 11.3 Å². The number of fused-ring (bicyclic) bond motifs is 1. The van der Waals surface area contributed by atoms with Crippen LogP contribution in [0, 0.1) is 5.92 Å². The van der Waals surface area contributed by atoms with Gasteiger partial charge in [0.25, 0.3) is 0 Å². The fourth-order valence-electron chi connectivity index (χ4n) is 3.09. The minimum atomic E-state index is -3.35. The molecule has 0 saturated heterocycles. The zero-order chi connectivity index (χ0) is 18.3. The van der Waals surface area contributed by atoms with E-state index in [4.69, 9.17) is 0 Å². The number of nitrogens with one attached hydrogen (secondary N) is 1. The quantitative estimate of drug-likeness (QED) is 0.629. The number of sulfonamides is 1. The van der Waals surface area contributed by atoms with Gasteiger partial charge < -0.3 is 4.57 Å². The molecule has 6 nitrogen and oxygen atoms in total. The van der Waals surface area contributed by atoms with Crippen LogP contribution in [0.1, 0.15) is 28.2 Å². The number of hydrogen-bond acceptors (Lipinski definition) is 5. The third kappa shape index (κ3) is 3.81. The summed E-state index contributed by atoms with van der Waals surface area (Å²) in [5.41, 5.74) is 2.06. The fourth-order valence-corrected chi connectivity index (χ4v) is 4.26. The average Bonchev–Trinajstić information content (AvgIpc) is 3.09. The summed E-state index contributed by atoms with van der Waals surface area (Å²) in [5, 5.41) is 3.52. The molecule has 0 amide bonds. The molecule has 0 atom stereocenters. The van der Waals surface area contributed by atoms with Crippen molar-refractivity contribution in [3.05, 3.63) is 46.5 Å².